The third kappa shape index (κ3) is 12.5. The van der Waals surface area contributed by atoms with Crippen LogP contribution in [0, 0.1) is 11.8 Å². The number of carbonyl (C=O) groups is 2. The molecule has 5 heterocycles. The number of phenolic OH excluding ortho intramolecular Hbond substituents is 2. The molecular weight excluding hydrogens is 1090 g/mol. The molecule has 33 heteroatoms. The lowest BCUT2D eigenvalue weighted by Gasteiger charge is -2.36. The molecule has 8 rings (SSSR count). The number of amides is 1. The van der Waals surface area contributed by atoms with Gasteiger partial charge in [0.15, 0.2) is 16.4 Å². The summed E-state index contributed by atoms with van der Waals surface area (Å²) in [5, 5.41) is 40.1. The molecule has 3 aliphatic rings. The Kier molecular flexibility index (Phi) is 15.9. The maximum Gasteiger partial charge on any atom is 0.490 e. The van der Waals surface area contributed by atoms with Gasteiger partial charge in [-0.05, 0) is 48.6 Å². The molecule has 73 heavy (non-hydrogen) atoms. The first-order valence-corrected chi connectivity index (χ1v) is 28.4. The summed E-state index contributed by atoms with van der Waals surface area (Å²) in [6, 6.07) is 14.2. The van der Waals surface area contributed by atoms with Crippen LogP contribution in [0.15, 0.2) is 65.6 Å². The number of alkyl carbamates (subject to hydrolysis) is 1. The number of nitrogens with two attached hydrogens (primary N) is 1. The molecular formula is C40H40N7O20P3S3. The summed E-state index contributed by atoms with van der Waals surface area (Å²) in [5.41, 5.74) is 6.38. The Bertz CT molecular complexity index is 3240. The molecule has 388 valence electrons. The Labute approximate surface area is 423 Å². The molecule has 2 unspecified atom stereocenters. The molecule has 1 fully saturated rings. The van der Waals surface area contributed by atoms with Crippen LogP contribution in [0.2, 0.25) is 0 Å². The smallest absolute Gasteiger partial charge is 0.490 e. The van der Waals surface area contributed by atoms with E-state index in [1.165, 1.54) is 56.6 Å². The molecule has 27 nitrogen and oxygen atoms in total. The summed E-state index contributed by atoms with van der Waals surface area (Å²) in [7, 11) is -14.0. The topological polar surface area (TPSA) is 404 Å². The first kappa shape index (κ1) is 53.6. The number of aromatic hydroxyl groups is 2. The lowest BCUT2D eigenvalue weighted by Crippen LogP contribution is -2.33. The van der Waals surface area contributed by atoms with Gasteiger partial charge in [-0.3, -0.25) is 9.51 Å². The molecule has 0 saturated carbocycles. The van der Waals surface area contributed by atoms with Gasteiger partial charge in [-0.25, -0.2) is 28.1 Å². The molecule has 3 aliphatic heterocycles. The van der Waals surface area contributed by atoms with Crippen molar-refractivity contribution in [3.8, 4) is 34.8 Å². The van der Waals surface area contributed by atoms with E-state index in [9.17, 15) is 53.2 Å². The van der Waals surface area contributed by atoms with Gasteiger partial charge in [0, 0.05) is 65.2 Å². The van der Waals surface area contributed by atoms with Crippen molar-refractivity contribution in [1.29, 1.82) is 0 Å². The number of hydrogen-bond acceptors (Lipinski definition) is 21. The minimum Gasteiger partial charge on any atom is -0.508 e. The highest BCUT2D eigenvalue weighted by Gasteiger charge is 2.54. The van der Waals surface area contributed by atoms with Gasteiger partial charge in [-0.15, -0.1) is 0 Å². The number of phosphoric acid groups is 3. The lowest BCUT2D eigenvalue weighted by molar-refractivity contribution is -0.0421. The number of thiocarbonyl (C=S) groups is 1. The number of nitrogens with one attached hydrogen (secondary N) is 4. The largest absolute Gasteiger partial charge is 0.508 e. The van der Waals surface area contributed by atoms with E-state index >= 15 is 0 Å². The van der Waals surface area contributed by atoms with Crippen LogP contribution in [-0.2, 0) is 46.7 Å². The zero-order chi connectivity index (χ0) is 52.5. The number of ether oxygens (including phenoxy) is 4. The number of esters is 1. The van der Waals surface area contributed by atoms with E-state index < -0.39 is 71.9 Å². The van der Waals surface area contributed by atoms with Gasteiger partial charge >= 0.3 is 41.2 Å². The number of nitrogen functional groups attached to an aromatic ring is 1. The number of phosphoric ester groups is 1. The number of H-pyrrole nitrogens is 1. The van der Waals surface area contributed by atoms with Crippen LogP contribution in [0.3, 0.4) is 0 Å². The SMILES string of the molecule is Nc1[nH]c(=O)nc2c1c(C#CCNC(=O)OCCSSCCNC(=S)Nc1ccc3c(c1)C(=O)OC31c3ccc(O)cc3Oc3cc(O)ccc31)cn2[C@H]1C[C@H](O)[C@@H](COP(=O)(O)OP(=O)(O)OP(=O)(O)O)O1. The third-order valence-electron chi connectivity index (χ3n) is 10.6. The summed E-state index contributed by atoms with van der Waals surface area (Å²) in [5.74, 6) is 6.32. The second kappa shape index (κ2) is 21.6. The number of carbonyl (C=O) groups excluding carboxylic acids is 2. The number of nitrogens with zero attached hydrogens (tertiary/aromatic N) is 2. The monoisotopic (exact) mass is 1130 g/mol. The van der Waals surface area contributed by atoms with E-state index in [-0.39, 0.29) is 70.5 Å². The van der Waals surface area contributed by atoms with Gasteiger partial charge < -0.3 is 80.1 Å². The molecule has 0 radical (unpaired) electrons. The molecule has 1 saturated heterocycles. The molecule has 1 amide bonds. The van der Waals surface area contributed by atoms with Crippen molar-refractivity contribution < 1.29 is 90.3 Å². The van der Waals surface area contributed by atoms with Crippen LogP contribution in [0.25, 0.3) is 11.0 Å². The van der Waals surface area contributed by atoms with Crippen molar-refractivity contribution in [3.63, 3.8) is 0 Å². The van der Waals surface area contributed by atoms with Crippen LogP contribution in [-0.4, -0.2) is 117 Å². The minimum atomic E-state index is -5.79. The van der Waals surface area contributed by atoms with Crippen molar-refractivity contribution in [3.05, 3.63) is 99.1 Å². The number of phenols is 2. The van der Waals surface area contributed by atoms with Crippen molar-refractivity contribution in [2.45, 2.75) is 30.5 Å². The quantitative estimate of drug-likeness (QED) is 0.0158. The fourth-order valence-electron chi connectivity index (χ4n) is 7.77. The molecule has 1 spiro atoms. The first-order valence-electron chi connectivity index (χ1n) is 20.9. The predicted molar refractivity (Wildman–Crippen MR) is 263 cm³/mol. The number of aliphatic hydroxyl groups is 1. The summed E-state index contributed by atoms with van der Waals surface area (Å²) >= 11 is 5.48. The summed E-state index contributed by atoms with van der Waals surface area (Å²) in [6.45, 7) is -0.579. The van der Waals surface area contributed by atoms with Crippen LogP contribution in [0.4, 0.5) is 16.3 Å². The van der Waals surface area contributed by atoms with Gasteiger partial charge in [-0.1, -0.05) is 39.5 Å². The Morgan fingerprint density at radius 1 is 0.959 bits per heavy atom. The van der Waals surface area contributed by atoms with Crippen molar-refractivity contribution in [2.24, 2.45) is 0 Å². The number of aromatic amines is 1. The highest BCUT2D eigenvalue weighted by molar-refractivity contribution is 8.76. The zero-order valence-electron chi connectivity index (χ0n) is 36.9. The number of rotatable bonds is 17. The van der Waals surface area contributed by atoms with E-state index in [1.807, 2.05) is 0 Å². The van der Waals surface area contributed by atoms with E-state index in [4.69, 9.17) is 46.7 Å². The number of hydrogen-bond donors (Lipinski definition) is 12. The third-order valence-corrected chi connectivity index (χ3v) is 17.0. The normalized spacial score (nSPS) is 19.0. The Hall–Kier alpha value is -5.70. The maximum absolute atomic E-state index is 13.4. The van der Waals surface area contributed by atoms with Gasteiger partial charge in [0.2, 0.25) is 0 Å². The zero-order valence-corrected chi connectivity index (χ0v) is 42.1. The Morgan fingerprint density at radius 3 is 2.34 bits per heavy atom. The predicted octanol–water partition coefficient (Wildman–Crippen LogP) is 3.72. The average Bonchev–Trinajstić information content (AvgIpc) is 3.94. The van der Waals surface area contributed by atoms with E-state index in [0.717, 1.165) is 0 Å². The first-order chi connectivity index (χ1) is 34.5. The summed E-state index contributed by atoms with van der Waals surface area (Å²) in [4.78, 5) is 80.9. The number of fused-ring (bicyclic) bond motifs is 7. The van der Waals surface area contributed by atoms with Crippen LogP contribution in [0.1, 0.15) is 45.3 Å². The summed E-state index contributed by atoms with van der Waals surface area (Å²) < 4.78 is 71.0. The highest BCUT2D eigenvalue weighted by Crippen LogP contribution is 2.66. The van der Waals surface area contributed by atoms with Crippen molar-refractivity contribution in [1.82, 2.24) is 25.2 Å². The van der Waals surface area contributed by atoms with E-state index in [0.29, 0.717) is 45.5 Å². The number of aliphatic hydroxyl groups excluding tert-OH is 1. The molecule has 5 aromatic rings. The fourth-order valence-corrected chi connectivity index (χ4v) is 12.8. The molecule has 0 bridgehead atoms. The maximum atomic E-state index is 13.4. The summed E-state index contributed by atoms with van der Waals surface area (Å²) in [6.07, 6.45) is -3.47. The minimum absolute atomic E-state index is 0.0315. The number of anilines is 2. The number of benzene rings is 3. The van der Waals surface area contributed by atoms with E-state index in [2.05, 4.69) is 50.9 Å². The molecule has 13 N–H and O–H groups in total. The van der Waals surface area contributed by atoms with Crippen LogP contribution >= 0.6 is 57.3 Å². The van der Waals surface area contributed by atoms with Crippen molar-refractivity contribution >= 4 is 97.0 Å². The standard InChI is InChI=1S/C40H40N7O20P3S3/c41-34-33-20(18-47(35(33)46-37(52)45-34)32-17-28(50)31(64-32)19-62-69(57,58)67-70(59,60)66-68(54,55)56)2-1-9-43-39(53)61-11-13-73-72-12-10-42-38(71)44-21-3-6-25-24(14-21)36(51)65-40(25)26-7-4-22(48)15-29(26)63-30-16-23(49)5-8-27(30)40/h3-8,14-16,18,28,31-32,48-50H,9-13,17,19H2,(H,43,53)(H,57,58)(H,59,60)(H2,42,44,71)(H2,54,55,56)(H3,41,45,46,52)/t28-,31+,32+/m0/s1. The molecule has 0 aliphatic carbocycles. The Morgan fingerprint density at radius 2 is 1.64 bits per heavy atom. The van der Waals surface area contributed by atoms with Gasteiger partial charge in [0.25, 0.3) is 0 Å². The second-order valence-electron chi connectivity index (χ2n) is 15.5. The number of aromatic nitrogens is 3. The van der Waals surface area contributed by atoms with Gasteiger partial charge in [0.05, 0.1) is 35.8 Å². The highest BCUT2D eigenvalue weighted by atomic mass is 33.1. The lowest BCUT2D eigenvalue weighted by atomic mass is 9.77. The molecule has 5 atom stereocenters. The molecule has 2 aromatic heterocycles. The van der Waals surface area contributed by atoms with Crippen LogP contribution in [0.5, 0.6) is 23.0 Å². The van der Waals surface area contributed by atoms with Crippen LogP contribution < -0.4 is 32.1 Å². The van der Waals surface area contributed by atoms with Crippen molar-refractivity contribution in [2.75, 3.05) is 48.9 Å². The van der Waals surface area contributed by atoms with Gasteiger partial charge in [-0.2, -0.15) is 13.6 Å². The molecule has 3 aromatic carbocycles. The van der Waals surface area contributed by atoms with Gasteiger partial charge in [0.1, 0.15) is 47.8 Å². The Balaban J connectivity index is 0.759. The fraction of sp³-hybridized carbons (Fsp3) is 0.275. The van der Waals surface area contributed by atoms with E-state index in [1.54, 1.807) is 30.3 Å². The average molecular weight is 1130 g/mol. The second-order valence-corrected chi connectivity index (χ2v) is 23.1.